The molecule has 0 fully saturated rings. The lowest BCUT2D eigenvalue weighted by molar-refractivity contribution is 0.587. The molecule has 2 heterocycles. The molecule has 0 saturated heterocycles. The van der Waals surface area contributed by atoms with Crippen LogP contribution in [0.1, 0.15) is 43.7 Å². The molecule has 0 radical (unpaired) electrons. The predicted molar refractivity (Wildman–Crippen MR) is 80.0 cm³/mol. The van der Waals surface area contributed by atoms with Crippen molar-refractivity contribution in [1.82, 2.24) is 25.1 Å². The Hall–Kier alpha value is -1.75. The first-order chi connectivity index (χ1) is 9.49. The summed E-state index contributed by atoms with van der Waals surface area (Å²) in [5.74, 6) is 2.49. The number of nitrogens with one attached hydrogen (secondary N) is 1. The third-order valence-corrected chi connectivity index (χ3v) is 3.09. The number of aromatic nitrogens is 4. The fourth-order valence-corrected chi connectivity index (χ4v) is 2.08. The van der Waals surface area contributed by atoms with Gasteiger partial charge in [0.25, 0.3) is 0 Å². The third kappa shape index (κ3) is 3.42. The van der Waals surface area contributed by atoms with E-state index in [1.165, 1.54) is 5.56 Å². The van der Waals surface area contributed by atoms with Crippen LogP contribution in [0.5, 0.6) is 0 Å². The summed E-state index contributed by atoms with van der Waals surface area (Å²) >= 11 is 0. The van der Waals surface area contributed by atoms with Gasteiger partial charge in [-0.05, 0) is 38.0 Å². The van der Waals surface area contributed by atoms with Crippen LogP contribution in [0.15, 0.2) is 12.1 Å². The molecule has 0 amide bonds. The fourth-order valence-electron chi connectivity index (χ4n) is 2.08. The highest BCUT2D eigenvalue weighted by Gasteiger charge is 2.09. The van der Waals surface area contributed by atoms with Crippen LogP contribution in [-0.4, -0.2) is 25.8 Å². The third-order valence-electron chi connectivity index (χ3n) is 3.09. The van der Waals surface area contributed by atoms with E-state index in [-0.39, 0.29) is 0 Å². The van der Waals surface area contributed by atoms with E-state index >= 15 is 0 Å². The minimum Gasteiger partial charge on any atom is -0.310 e. The molecule has 0 aliphatic rings. The van der Waals surface area contributed by atoms with Crippen molar-refractivity contribution in [3.05, 3.63) is 35.0 Å². The standard InChI is InChI=1S/C15H23N5/c1-6-14-7-13(9-16-10(2)3)8-15(18-14)20-12(5)17-11(4)19-20/h7-8,10,16H,6,9H2,1-5H3. The quantitative estimate of drug-likeness (QED) is 0.908. The van der Waals surface area contributed by atoms with Gasteiger partial charge in [-0.3, -0.25) is 0 Å². The van der Waals surface area contributed by atoms with Crippen molar-refractivity contribution in [3.8, 4) is 5.82 Å². The molecule has 2 rings (SSSR count). The Bertz CT molecular complexity index is 586. The summed E-state index contributed by atoms with van der Waals surface area (Å²) in [6.07, 6.45) is 0.912. The van der Waals surface area contributed by atoms with Gasteiger partial charge in [-0.2, -0.15) is 4.68 Å². The summed E-state index contributed by atoms with van der Waals surface area (Å²) in [5, 5.41) is 7.85. The highest BCUT2D eigenvalue weighted by molar-refractivity contribution is 5.31. The first-order valence-electron chi connectivity index (χ1n) is 7.13. The molecule has 2 aromatic rings. The smallest absolute Gasteiger partial charge is 0.156 e. The average molecular weight is 273 g/mol. The average Bonchev–Trinajstić information content (AvgIpc) is 2.75. The van der Waals surface area contributed by atoms with E-state index in [0.29, 0.717) is 6.04 Å². The van der Waals surface area contributed by atoms with E-state index in [4.69, 9.17) is 0 Å². The molecule has 5 heteroatoms. The molecule has 0 unspecified atom stereocenters. The monoisotopic (exact) mass is 273 g/mol. The first kappa shape index (κ1) is 14.7. The summed E-state index contributed by atoms with van der Waals surface area (Å²) in [6, 6.07) is 4.69. The molecule has 0 aliphatic carbocycles. The molecule has 0 atom stereocenters. The highest BCUT2D eigenvalue weighted by Crippen LogP contribution is 2.12. The molecule has 0 aromatic carbocycles. The molecule has 1 N–H and O–H groups in total. The summed E-state index contributed by atoms with van der Waals surface area (Å²) in [6.45, 7) is 11.1. The second-order valence-corrected chi connectivity index (χ2v) is 5.33. The second kappa shape index (κ2) is 6.13. The Kier molecular flexibility index (Phi) is 4.49. The molecule has 2 aromatic heterocycles. The topological polar surface area (TPSA) is 55.6 Å². The van der Waals surface area contributed by atoms with Crippen molar-refractivity contribution < 1.29 is 0 Å². The Morgan fingerprint density at radius 2 is 1.95 bits per heavy atom. The van der Waals surface area contributed by atoms with E-state index < -0.39 is 0 Å². The Balaban J connectivity index is 2.37. The number of hydrogen-bond donors (Lipinski definition) is 1. The van der Waals surface area contributed by atoms with Crippen molar-refractivity contribution in [2.24, 2.45) is 0 Å². The van der Waals surface area contributed by atoms with Crippen LogP contribution in [0.25, 0.3) is 5.82 Å². The van der Waals surface area contributed by atoms with E-state index in [0.717, 1.165) is 36.1 Å². The van der Waals surface area contributed by atoms with E-state index in [1.54, 1.807) is 0 Å². The molecule has 20 heavy (non-hydrogen) atoms. The van der Waals surface area contributed by atoms with E-state index in [2.05, 4.69) is 53.3 Å². The molecular weight excluding hydrogens is 250 g/mol. The van der Waals surface area contributed by atoms with Crippen LogP contribution < -0.4 is 5.32 Å². The Morgan fingerprint density at radius 3 is 2.50 bits per heavy atom. The maximum Gasteiger partial charge on any atom is 0.156 e. The lowest BCUT2D eigenvalue weighted by Crippen LogP contribution is -2.22. The van der Waals surface area contributed by atoms with E-state index in [1.807, 2.05) is 18.5 Å². The van der Waals surface area contributed by atoms with Crippen LogP contribution in [0.2, 0.25) is 0 Å². The minimum atomic E-state index is 0.465. The predicted octanol–water partition coefficient (Wildman–Crippen LogP) is 2.34. The van der Waals surface area contributed by atoms with Crippen LogP contribution >= 0.6 is 0 Å². The molecule has 0 saturated carbocycles. The summed E-state index contributed by atoms with van der Waals surface area (Å²) in [4.78, 5) is 9.00. The number of rotatable bonds is 5. The largest absolute Gasteiger partial charge is 0.310 e. The van der Waals surface area contributed by atoms with Crippen LogP contribution in [0.4, 0.5) is 0 Å². The number of nitrogens with zero attached hydrogens (tertiary/aromatic N) is 4. The zero-order valence-corrected chi connectivity index (χ0v) is 12.9. The van der Waals surface area contributed by atoms with Crippen LogP contribution in [0.3, 0.4) is 0 Å². The summed E-state index contributed by atoms with van der Waals surface area (Å²) in [5.41, 5.74) is 2.31. The van der Waals surface area contributed by atoms with Gasteiger partial charge in [0.2, 0.25) is 0 Å². The molecule has 5 nitrogen and oxygen atoms in total. The Morgan fingerprint density at radius 1 is 1.20 bits per heavy atom. The summed E-state index contributed by atoms with van der Waals surface area (Å²) < 4.78 is 1.81. The highest BCUT2D eigenvalue weighted by atomic mass is 15.4. The first-order valence-corrected chi connectivity index (χ1v) is 7.13. The van der Waals surface area contributed by atoms with Gasteiger partial charge in [-0.15, -0.1) is 5.10 Å². The molecule has 0 spiro atoms. The van der Waals surface area contributed by atoms with Crippen molar-refractivity contribution in [1.29, 1.82) is 0 Å². The number of hydrogen-bond acceptors (Lipinski definition) is 4. The maximum absolute atomic E-state index is 4.66. The van der Waals surface area contributed by atoms with Gasteiger partial charge >= 0.3 is 0 Å². The zero-order chi connectivity index (χ0) is 14.7. The lowest BCUT2D eigenvalue weighted by atomic mass is 10.2. The molecule has 0 bridgehead atoms. The minimum absolute atomic E-state index is 0.465. The Labute approximate surface area is 120 Å². The second-order valence-electron chi connectivity index (χ2n) is 5.33. The van der Waals surface area contributed by atoms with Gasteiger partial charge in [0.05, 0.1) is 0 Å². The molecular formula is C15H23N5. The number of aryl methyl sites for hydroxylation is 3. The molecule has 0 aliphatic heterocycles. The van der Waals surface area contributed by atoms with Gasteiger partial charge in [0, 0.05) is 18.3 Å². The number of pyridine rings is 1. The zero-order valence-electron chi connectivity index (χ0n) is 12.9. The van der Waals surface area contributed by atoms with Gasteiger partial charge in [-0.1, -0.05) is 20.8 Å². The molecule has 108 valence electrons. The fraction of sp³-hybridized carbons (Fsp3) is 0.533. The van der Waals surface area contributed by atoms with Crippen molar-refractivity contribution in [2.45, 2.75) is 53.6 Å². The van der Waals surface area contributed by atoms with Crippen molar-refractivity contribution in [3.63, 3.8) is 0 Å². The van der Waals surface area contributed by atoms with Gasteiger partial charge in [-0.25, -0.2) is 9.97 Å². The van der Waals surface area contributed by atoms with Gasteiger partial charge < -0.3 is 5.32 Å². The van der Waals surface area contributed by atoms with Gasteiger partial charge in [0.15, 0.2) is 5.82 Å². The van der Waals surface area contributed by atoms with Crippen molar-refractivity contribution in [2.75, 3.05) is 0 Å². The van der Waals surface area contributed by atoms with E-state index in [9.17, 15) is 0 Å². The normalized spacial score (nSPS) is 11.3. The van der Waals surface area contributed by atoms with Crippen LogP contribution in [-0.2, 0) is 13.0 Å². The lowest BCUT2D eigenvalue weighted by Gasteiger charge is -2.11. The van der Waals surface area contributed by atoms with Gasteiger partial charge in [0.1, 0.15) is 11.6 Å². The summed E-state index contributed by atoms with van der Waals surface area (Å²) in [7, 11) is 0. The van der Waals surface area contributed by atoms with Crippen molar-refractivity contribution >= 4 is 0 Å². The SMILES string of the molecule is CCc1cc(CNC(C)C)cc(-n2nc(C)nc2C)n1. The maximum atomic E-state index is 4.66. The van der Waals surface area contributed by atoms with Crippen LogP contribution in [0, 0.1) is 13.8 Å².